The Hall–Kier alpha value is -2.54. The van der Waals surface area contributed by atoms with Crippen molar-refractivity contribution in [2.45, 2.75) is 46.1 Å². The van der Waals surface area contributed by atoms with E-state index in [9.17, 15) is 13.2 Å². The van der Waals surface area contributed by atoms with Crippen molar-refractivity contribution in [1.29, 1.82) is 0 Å². The van der Waals surface area contributed by atoms with E-state index in [1.807, 2.05) is 63.2 Å². The predicted molar refractivity (Wildman–Crippen MR) is 122 cm³/mol. The number of hydrogen-bond acceptors (Lipinski definition) is 4. The van der Waals surface area contributed by atoms with Crippen LogP contribution in [0.25, 0.3) is 0 Å². The fraction of sp³-hybridized carbons (Fsp3) is 0.435. The van der Waals surface area contributed by atoms with E-state index in [1.165, 1.54) is 10.6 Å². The van der Waals surface area contributed by atoms with E-state index < -0.39 is 10.0 Å². The molecule has 1 N–H and O–H groups in total. The van der Waals surface area contributed by atoms with Crippen LogP contribution in [0.2, 0.25) is 0 Å². The molecule has 6 nitrogen and oxygen atoms in total. The number of nitrogens with one attached hydrogen (secondary N) is 1. The molecule has 7 heteroatoms. The van der Waals surface area contributed by atoms with Gasteiger partial charge in [0, 0.05) is 13.0 Å². The molecule has 0 heterocycles. The SMILES string of the molecule is CC[C@H](NC(=O)CCCN(c1cc(C)cc(C)c1)S(C)(=O)=O)c1ccc(OC)cc1. The number of carbonyl (C=O) groups is 1. The van der Waals surface area contributed by atoms with E-state index in [0.29, 0.717) is 12.1 Å². The average Bonchev–Trinajstić information content (AvgIpc) is 2.67. The van der Waals surface area contributed by atoms with Crippen molar-refractivity contribution in [3.8, 4) is 5.75 Å². The highest BCUT2D eigenvalue weighted by Crippen LogP contribution is 2.23. The van der Waals surface area contributed by atoms with Crippen molar-refractivity contribution in [3.63, 3.8) is 0 Å². The summed E-state index contributed by atoms with van der Waals surface area (Å²) >= 11 is 0. The van der Waals surface area contributed by atoms with Gasteiger partial charge in [-0.1, -0.05) is 25.1 Å². The molecule has 0 aliphatic heterocycles. The van der Waals surface area contributed by atoms with Gasteiger partial charge in [0.25, 0.3) is 0 Å². The third-order valence-corrected chi connectivity index (χ3v) is 6.12. The Morgan fingerprint density at radius 3 is 2.20 bits per heavy atom. The van der Waals surface area contributed by atoms with Gasteiger partial charge in [-0.25, -0.2) is 8.42 Å². The topological polar surface area (TPSA) is 75.7 Å². The van der Waals surface area contributed by atoms with Crippen molar-refractivity contribution in [1.82, 2.24) is 5.32 Å². The van der Waals surface area contributed by atoms with Gasteiger partial charge in [0.1, 0.15) is 5.75 Å². The first-order valence-corrected chi connectivity index (χ1v) is 12.0. The van der Waals surface area contributed by atoms with Crippen molar-refractivity contribution in [3.05, 3.63) is 59.2 Å². The number of hydrogen-bond donors (Lipinski definition) is 1. The molecule has 164 valence electrons. The standard InChI is InChI=1S/C23H32N2O4S/c1-6-22(19-9-11-21(29-4)12-10-19)24-23(26)8-7-13-25(30(5,27)28)20-15-17(2)14-18(3)16-20/h9-12,14-16,22H,6-8,13H2,1-5H3,(H,24,26)/t22-/m0/s1. The highest BCUT2D eigenvalue weighted by atomic mass is 32.2. The molecule has 1 amide bonds. The summed E-state index contributed by atoms with van der Waals surface area (Å²) in [6.07, 6.45) is 2.64. The number of carbonyl (C=O) groups excluding carboxylic acids is 1. The molecule has 0 spiro atoms. The van der Waals surface area contributed by atoms with Gasteiger partial charge in [-0.2, -0.15) is 0 Å². The molecule has 30 heavy (non-hydrogen) atoms. The van der Waals surface area contributed by atoms with Crippen molar-refractivity contribution in [2.24, 2.45) is 0 Å². The molecule has 0 aliphatic rings. The summed E-state index contributed by atoms with van der Waals surface area (Å²) in [6, 6.07) is 13.2. The van der Waals surface area contributed by atoms with Crippen LogP contribution in [0, 0.1) is 13.8 Å². The molecule has 0 saturated carbocycles. The lowest BCUT2D eigenvalue weighted by Crippen LogP contribution is -2.33. The van der Waals surface area contributed by atoms with Gasteiger partial charge in [0.2, 0.25) is 15.9 Å². The smallest absolute Gasteiger partial charge is 0.232 e. The number of ether oxygens (including phenoxy) is 1. The lowest BCUT2D eigenvalue weighted by Gasteiger charge is -2.23. The summed E-state index contributed by atoms with van der Waals surface area (Å²) in [6.45, 7) is 6.15. The van der Waals surface area contributed by atoms with Crippen molar-refractivity contribution < 1.29 is 17.9 Å². The summed E-state index contributed by atoms with van der Waals surface area (Å²) in [7, 11) is -1.82. The van der Waals surface area contributed by atoms with Gasteiger partial charge in [-0.3, -0.25) is 9.10 Å². The minimum atomic E-state index is -3.44. The van der Waals surface area contributed by atoms with Crippen LogP contribution in [0.5, 0.6) is 5.75 Å². The number of sulfonamides is 1. The molecule has 0 bridgehead atoms. The number of rotatable bonds is 10. The first kappa shape index (κ1) is 23.7. The molecule has 0 fully saturated rings. The third-order valence-electron chi connectivity index (χ3n) is 4.92. The molecular weight excluding hydrogens is 400 g/mol. The van der Waals surface area contributed by atoms with Crippen molar-refractivity contribution >= 4 is 21.6 Å². The van der Waals surface area contributed by atoms with Gasteiger partial charge in [0.15, 0.2) is 0 Å². The molecule has 2 aromatic rings. The summed E-state index contributed by atoms with van der Waals surface area (Å²) in [5.41, 5.74) is 3.66. The number of anilines is 1. The summed E-state index contributed by atoms with van der Waals surface area (Å²) in [5.74, 6) is 0.679. The minimum absolute atomic E-state index is 0.0890. The van der Waals surface area contributed by atoms with E-state index in [1.54, 1.807) is 7.11 Å². The van der Waals surface area contributed by atoms with Crippen LogP contribution in [0.3, 0.4) is 0 Å². The zero-order valence-corrected chi connectivity index (χ0v) is 19.3. The highest BCUT2D eigenvalue weighted by Gasteiger charge is 2.19. The Morgan fingerprint density at radius 1 is 1.10 bits per heavy atom. The maximum atomic E-state index is 12.5. The first-order valence-electron chi connectivity index (χ1n) is 10.1. The van der Waals surface area contributed by atoms with Crippen LogP contribution in [-0.2, 0) is 14.8 Å². The second-order valence-electron chi connectivity index (χ2n) is 7.59. The normalized spacial score (nSPS) is 12.3. The Labute approximate surface area is 180 Å². The lowest BCUT2D eigenvalue weighted by molar-refractivity contribution is -0.121. The largest absolute Gasteiger partial charge is 0.497 e. The van der Waals surface area contributed by atoms with Gasteiger partial charge in [0.05, 0.1) is 25.1 Å². The number of methoxy groups -OCH3 is 1. The van der Waals surface area contributed by atoms with E-state index in [4.69, 9.17) is 4.74 Å². The Bertz CT molecular complexity index is 935. The third kappa shape index (κ3) is 6.76. The number of nitrogens with zero attached hydrogens (tertiary/aromatic N) is 1. The van der Waals surface area contributed by atoms with Crippen LogP contribution < -0.4 is 14.4 Å². The molecule has 0 aromatic heterocycles. The summed E-state index contributed by atoms with van der Waals surface area (Å²) in [5, 5.41) is 3.04. The van der Waals surface area contributed by atoms with Crippen LogP contribution in [0.1, 0.15) is 48.9 Å². The molecular formula is C23H32N2O4S. The second-order valence-corrected chi connectivity index (χ2v) is 9.49. The van der Waals surface area contributed by atoms with E-state index in [2.05, 4.69) is 5.32 Å². The maximum absolute atomic E-state index is 12.5. The predicted octanol–water partition coefficient (Wildman–Crippen LogP) is 4.13. The summed E-state index contributed by atoms with van der Waals surface area (Å²) in [4.78, 5) is 12.5. The molecule has 0 unspecified atom stereocenters. The zero-order valence-electron chi connectivity index (χ0n) is 18.4. The number of amides is 1. The maximum Gasteiger partial charge on any atom is 0.232 e. The number of aryl methyl sites for hydroxylation is 2. The molecule has 0 aliphatic carbocycles. The molecule has 0 radical (unpaired) electrons. The van der Waals surface area contributed by atoms with Gasteiger partial charge in [-0.05, 0) is 67.6 Å². The minimum Gasteiger partial charge on any atom is -0.497 e. The lowest BCUT2D eigenvalue weighted by atomic mass is 10.0. The average molecular weight is 433 g/mol. The molecule has 1 atom stereocenters. The quantitative estimate of drug-likeness (QED) is 0.613. The van der Waals surface area contributed by atoms with Crippen LogP contribution in [-0.4, -0.2) is 34.2 Å². The second kappa shape index (κ2) is 10.5. The van der Waals surface area contributed by atoms with E-state index >= 15 is 0 Å². The Morgan fingerprint density at radius 2 is 1.70 bits per heavy atom. The molecule has 0 saturated heterocycles. The van der Waals surface area contributed by atoms with Crippen molar-refractivity contribution in [2.75, 3.05) is 24.2 Å². The molecule has 2 rings (SSSR count). The number of benzene rings is 2. The molecule has 2 aromatic carbocycles. The fourth-order valence-corrected chi connectivity index (χ4v) is 4.44. The Balaban J connectivity index is 1.99. The first-order chi connectivity index (χ1) is 14.1. The highest BCUT2D eigenvalue weighted by molar-refractivity contribution is 7.92. The van der Waals surface area contributed by atoms with E-state index in [0.717, 1.165) is 28.9 Å². The van der Waals surface area contributed by atoms with Gasteiger partial charge in [-0.15, -0.1) is 0 Å². The van der Waals surface area contributed by atoms with Gasteiger partial charge < -0.3 is 10.1 Å². The monoisotopic (exact) mass is 432 g/mol. The van der Waals surface area contributed by atoms with Gasteiger partial charge >= 0.3 is 0 Å². The zero-order chi connectivity index (χ0) is 22.3. The van der Waals surface area contributed by atoms with Crippen LogP contribution in [0.4, 0.5) is 5.69 Å². The van der Waals surface area contributed by atoms with Crippen LogP contribution in [0.15, 0.2) is 42.5 Å². The fourth-order valence-electron chi connectivity index (χ4n) is 3.49. The van der Waals surface area contributed by atoms with E-state index in [-0.39, 0.29) is 24.9 Å². The summed E-state index contributed by atoms with van der Waals surface area (Å²) < 4.78 is 31.2. The Kier molecular flexibility index (Phi) is 8.29. The van der Waals surface area contributed by atoms with Crippen LogP contribution >= 0.6 is 0 Å².